The normalized spacial score (nSPS) is 9.88. The summed E-state index contributed by atoms with van der Waals surface area (Å²) in [4.78, 5) is 0. The summed E-state index contributed by atoms with van der Waals surface area (Å²) < 4.78 is -1.72. The minimum Gasteiger partial charge on any atom is -0.384 e. The Morgan fingerprint density at radius 3 is 1.50 bits per heavy atom. The van der Waals surface area contributed by atoms with Crippen molar-refractivity contribution in [3.05, 3.63) is 0 Å². The molecule has 0 spiro atoms. The Morgan fingerprint density at radius 1 is 1.38 bits per heavy atom. The fourth-order valence-electron chi connectivity index (χ4n) is 0. The molecule has 3 N–H and O–H groups in total. The van der Waals surface area contributed by atoms with Crippen LogP contribution in [0.3, 0.4) is 0 Å². The lowest BCUT2D eigenvalue weighted by molar-refractivity contribution is 1.34. The van der Waals surface area contributed by atoms with Crippen molar-refractivity contribution in [1.29, 1.82) is 5.41 Å². The molecule has 8 heavy (non-hydrogen) atoms. The molecule has 0 saturated carbocycles. The van der Waals surface area contributed by atoms with Crippen LogP contribution < -0.4 is 5.73 Å². The summed E-state index contributed by atoms with van der Waals surface area (Å²) in [6, 6.07) is 0. The molecule has 0 aromatic rings. The zero-order valence-electron chi connectivity index (χ0n) is 3.62. The van der Waals surface area contributed by atoms with Crippen LogP contribution in [-0.2, 0) is 0 Å². The molecule has 0 rings (SSSR count). The molecular formula is C2H4Cl4N2. The molecule has 0 aliphatic rings. The van der Waals surface area contributed by atoms with Crippen molar-refractivity contribution in [2.75, 3.05) is 0 Å². The Balaban J connectivity index is 0. The predicted molar refractivity (Wildman–Crippen MR) is 39.5 cm³/mol. The van der Waals surface area contributed by atoms with Gasteiger partial charge < -0.3 is 5.73 Å². The van der Waals surface area contributed by atoms with E-state index in [4.69, 9.17) is 45.9 Å². The Hall–Kier alpha value is 0.630. The van der Waals surface area contributed by atoms with E-state index in [2.05, 4.69) is 0 Å². The van der Waals surface area contributed by atoms with E-state index in [9.17, 15) is 0 Å². The Kier molecular flexibility index (Phi) is 5.17. The van der Waals surface area contributed by atoms with Crippen molar-refractivity contribution in [3.8, 4) is 0 Å². The van der Waals surface area contributed by atoms with Crippen molar-refractivity contribution >= 4 is 53.0 Å². The summed E-state index contributed by atoms with van der Waals surface area (Å²) in [5, 5.41) is 6.53. The number of nitrogens with two attached hydrogens (primary N) is 1. The van der Waals surface area contributed by atoms with Gasteiger partial charge in [0.05, 0.1) is 0 Å². The molecule has 0 bridgehead atoms. The van der Waals surface area contributed by atoms with Gasteiger partial charge in [-0.25, -0.2) is 0 Å². The third kappa shape index (κ3) is 4.78. The third-order valence-corrected chi connectivity index (χ3v) is 0.916. The summed E-state index contributed by atoms with van der Waals surface area (Å²) in [6.45, 7) is 0. The second-order valence-corrected chi connectivity index (χ2v) is 3.19. The van der Waals surface area contributed by atoms with E-state index in [-0.39, 0.29) is 12.4 Å². The molecule has 0 radical (unpaired) electrons. The first kappa shape index (κ1) is 11.4. The highest BCUT2D eigenvalue weighted by Gasteiger charge is 2.22. The Labute approximate surface area is 68.2 Å². The van der Waals surface area contributed by atoms with E-state index in [0.29, 0.717) is 0 Å². The molecule has 0 heterocycles. The highest BCUT2D eigenvalue weighted by atomic mass is 35.6. The smallest absolute Gasteiger partial charge is 0.246 e. The van der Waals surface area contributed by atoms with Crippen LogP contribution in [0.2, 0.25) is 0 Å². The van der Waals surface area contributed by atoms with E-state index in [1.807, 2.05) is 0 Å². The first-order valence-electron chi connectivity index (χ1n) is 1.36. The Bertz CT molecular complexity index is 84.5. The molecule has 2 nitrogen and oxygen atoms in total. The van der Waals surface area contributed by atoms with Crippen LogP contribution in [0.5, 0.6) is 0 Å². The molecule has 0 aromatic carbocycles. The minimum atomic E-state index is -1.72. The van der Waals surface area contributed by atoms with Crippen LogP contribution in [0.1, 0.15) is 0 Å². The SMILES string of the molecule is Cl.N=C(N)C(Cl)(Cl)Cl. The molecule has 0 aliphatic heterocycles. The summed E-state index contributed by atoms with van der Waals surface area (Å²) >= 11 is 15.1. The van der Waals surface area contributed by atoms with E-state index < -0.39 is 9.63 Å². The fraction of sp³-hybridized carbons (Fsp3) is 0.500. The number of alkyl halides is 3. The molecule has 0 saturated heterocycles. The van der Waals surface area contributed by atoms with Gasteiger partial charge >= 0.3 is 0 Å². The second-order valence-electron chi connectivity index (χ2n) is 0.911. The summed E-state index contributed by atoms with van der Waals surface area (Å²) in [5.41, 5.74) is 4.76. The lowest BCUT2D eigenvalue weighted by atomic mass is 10.7. The van der Waals surface area contributed by atoms with E-state index in [0.717, 1.165) is 0 Å². The molecular weight excluding hydrogens is 194 g/mol. The average Bonchev–Trinajstić information content (AvgIpc) is 1.31. The van der Waals surface area contributed by atoms with E-state index in [1.54, 1.807) is 0 Å². The monoisotopic (exact) mass is 196 g/mol. The van der Waals surface area contributed by atoms with Crippen molar-refractivity contribution in [1.82, 2.24) is 0 Å². The predicted octanol–water partition coefficient (Wildman–Crippen LogP) is 1.71. The van der Waals surface area contributed by atoms with Crippen molar-refractivity contribution in [2.45, 2.75) is 3.79 Å². The molecule has 0 amide bonds. The van der Waals surface area contributed by atoms with E-state index in [1.165, 1.54) is 0 Å². The first-order chi connectivity index (χ1) is 2.94. The first-order valence-corrected chi connectivity index (χ1v) is 2.49. The van der Waals surface area contributed by atoms with Gasteiger partial charge in [0.15, 0.2) is 0 Å². The zero-order valence-corrected chi connectivity index (χ0v) is 6.70. The van der Waals surface area contributed by atoms with Crippen LogP contribution >= 0.6 is 47.2 Å². The number of rotatable bonds is 0. The van der Waals surface area contributed by atoms with Crippen molar-refractivity contribution in [3.63, 3.8) is 0 Å². The number of halogens is 4. The molecule has 50 valence electrons. The topological polar surface area (TPSA) is 49.9 Å². The van der Waals surface area contributed by atoms with Gasteiger partial charge in [-0.3, -0.25) is 5.41 Å². The van der Waals surface area contributed by atoms with Crippen LogP contribution in [0.4, 0.5) is 0 Å². The summed E-state index contributed by atoms with van der Waals surface area (Å²) in [7, 11) is 0. The van der Waals surface area contributed by atoms with Gasteiger partial charge in [0.25, 0.3) is 0 Å². The number of amidine groups is 1. The van der Waals surface area contributed by atoms with Gasteiger partial charge in [0.2, 0.25) is 3.79 Å². The lowest BCUT2D eigenvalue weighted by Gasteiger charge is -2.04. The quantitative estimate of drug-likeness (QED) is 0.347. The van der Waals surface area contributed by atoms with Crippen LogP contribution in [-0.4, -0.2) is 9.63 Å². The minimum absolute atomic E-state index is 0. The highest BCUT2D eigenvalue weighted by molar-refractivity contribution is 6.76. The maximum Gasteiger partial charge on any atom is 0.246 e. The second kappa shape index (κ2) is 3.62. The van der Waals surface area contributed by atoms with Gasteiger partial charge in [-0.2, -0.15) is 0 Å². The molecule has 0 fully saturated rings. The maximum absolute atomic E-state index is 6.53. The average molecular weight is 198 g/mol. The lowest BCUT2D eigenvalue weighted by Crippen LogP contribution is -2.26. The maximum atomic E-state index is 6.53. The van der Waals surface area contributed by atoms with Gasteiger partial charge in [0.1, 0.15) is 5.84 Å². The van der Waals surface area contributed by atoms with Gasteiger partial charge in [0, 0.05) is 0 Å². The third-order valence-electron chi connectivity index (χ3n) is 0.305. The van der Waals surface area contributed by atoms with Crippen LogP contribution in [0.25, 0.3) is 0 Å². The highest BCUT2D eigenvalue weighted by Crippen LogP contribution is 2.24. The fourth-order valence-corrected chi connectivity index (χ4v) is 0. The van der Waals surface area contributed by atoms with Crippen LogP contribution in [0.15, 0.2) is 0 Å². The number of nitrogens with one attached hydrogen (secondary N) is 1. The van der Waals surface area contributed by atoms with Gasteiger partial charge in [-0.1, -0.05) is 34.8 Å². The van der Waals surface area contributed by atoms with Gasteiger partial charge in [-0.05, 0) is 0 Å². The largest absolute Gasteiger partial charge is 0.384 e. The van der Waals surface area contributed by atoms with E-state index >= 15 is 0 Å². The number of hydrogen-bond donors (Lipinski definition) is 2. The standard InChI is InChI=1S/C2H3Cl3N2.ClH/c3-2(4,5)1(6)7;/h(H3,6,7);1H. The summed E-state index contributed by atoms with van der Waals surface area (Å²) in [6.07, 6.45) is 0. The van der Waals surface area contributed by atoms with Crippen molar-refractivity contribution < 1.29 is 0 Å². The molecule has 0 aliphatic carbocycles. The van der Waals surface area contributed by atoms with Crippen molar-refractivity contribution in [2.24, 2.45) is 5.73 Å². The molecule has 6 heteroatoms. The van der Waals surface area contributed by atoms with Gasteiger partial charge in [-0.15, -0.1) is 12.4 Å². The number of hydrogen-bond acceptors (Lipinski definition) is 1. The molecule has 0 aromatic heterocycles. The van der Waals surface area contributed by atoms with Crippen LogP contribution in [0, 0.1) is 5.41 Å². The zero-order chi connectivity index (χ0) is 6.08. The Morgan fingerprint density at radius 2 is 1.50 bits per heavy atom. The molecule has 0 atom stereocenters. The summed E-state index contributed by atoms with van der Waals surface area (Å²) in [5.74, 6) is -0.461. The molecule has 0 unspecified atom stereocenters.